The van der Waals surface area contributed by atoms with Crippen molar-refractivity contribution < 1.29 is 21.6 Å². The van der Waals surface area contributed by atoms with Gasteiger partial charge in [0.1, 0.15) is 0 Å². The SMILES string of the molecule is O=C1CN([C@H]2CCS(=O)(=O)C2)c2ccccc2N1[C@@H]1CCS(=O)(=O)C1. The highest BCUT2D eigenvalue weighted by molar-refractivity contribution is 7.92. The van der Waals surface area contributed by atoms with Crippen molar-refractivity contribution >= 4 is 37.0 Å². The zero-order valence-electron chi connectivity index (χ0n) is 13.7. The molecule has 0 N–H and O–H groups in total. The highest BCUT2D eigenvalue weighted by Gasteiger charge is 2.42. The maximum Gasteiger partial charge on any atom is 0.246 e. The standard InChI is InChI=1S/C16H20N2O5S2/c19-16-9-17(12-5-7-24(20,21)10-12)14-3-1-2-4-15(14)18(16)13-6-8-25(22,23)11-13/h1-4,12-13H,5-11H2/t12-,13+/m0/s1. The van der Waals surface area contributed by atoms with Gasteiger partial charge in [-0.05, 0) is 25.0 Å². The summed E-state index contributed by atoms with van der Waals surface area (Å²) in [7, 11) is -6.16. The molecule has 136 valence electrons. The number of anilines is 2. The van der Waals surface area contributed by atoms with E-state index in [0.29, 0.717) is 18.5 Å². The highest BCUT2D eigenvalue weighted by atomic mass is 32.2. The summed E-state index contributed by atoms with van der Waals surface area (Å²) in [5.74, 6) is 0.144. The smallest absolute Gasteiger partial charge is 0.246 e. The number of sulfone groups is 2. The van der Waals surface area contributed by atoms with E-state index in [0.717, 1.165) is 5.69 Å². The van der Waals surface area contributed by atoms with Crippen molar-refractivity contribution in [3.05, 3.63) is 24.3 Å². The van der Waals surface area contributed by atoms with Crippen molar-refractivity contribution in [3.8, 4) is 0 Å². The molecule has 0 aliphatic carbocycles. The van der Waals surface area contributed by atoms with Crippen molar-refractivity contribution in [1.82, 2.24) is 0 Å². The average Bonchev–Trinajstić information content (AvgIpc) is 3.08. The third-order valence-electron chi connectivity index (χ3n) is 5.25. The van der Waals surface area contributed by atoms with E-state index >= 15 is 0 Å². The summed E-state index contributed by atoms with van der Waals surface area (Å²) in [6.45, 7) is 0.0910. The highest BCUT2D eigenvalue weighted by Crippen LogP contribution is 2.39. The summed E-state index contributed by atoms with van der Waals surface area (Å²) in [6.07, 6.45) is 0.960. The third-order valence-corrected chi connectivity index (χ3v) is 8.75. The van der Waals surface area contributed by atoms with Crippen LogP contribution in [0.25, 0.3) is 0 Å². The number of carbonyl (C=O) groups excluding carboxylic acids is 1. The van der Waals surface area contributed by atoms with Gasteiger partial charge in [0.05, 0.1) is 47.0 Å². The Morgan fingerprint density at radius 3 is 1.96 bits per heavy atom. The van der Waals surface area contributed by atoms with Crippen LogP contribution in [0, 0.1) is 0 Å². The first-order valence-corrected chi connectivity index (χ1v) is 12.0. The number of para-hydroxylation sites is 2. The second-order valence-electron chi connectivity index (χ2n) is 6.99. The number of fused-ring (bicyclic) bond motifs is 1. The Balaban J connectivity index is 1.70. The zero-order valence-corrected chi connectivity index (χ0v) is 15.3. The summed E-state index contributed by atoms with van der Waals surface area (Å²) in [5.41, 5.74) is 1.50. The lowest BCUT2D eigenvalue weighted by Crippen LogP contribution is -2.53. The third kappa shape index (κ3) is 3.03. The van der Waals surface area contributed by atoms with E-state index in [1.54, 1.807) is 4.90 Å². The quantitative estimate of drug-likeness (QED) is 0.724. The van der Waals surface area contributed by atoms with E-state index in [-0.39, 0.29) is 47.5 Å². The Morgan fingerprint density at radius 1 is 0.840 bits per heavy atom. The Kier molecular flexibility index (Phi) is 3.84. The molecular weight excluding hydrogens is 364 g/mol. The molecule has 7 nitrogen and oxygen atoms in total. The Morgan fingerprint density at radius 2 is 1.40 bits per heavy atom. The fourth-order valence-electron chi connectivity index (χ4n) is 4.08. The van der Waals surface area contributed by atoms with Gasteiger partial charge in [-0.2, -0.15) is 0 Å². The second kappa shape index (κ2) is 5.70. The molecule has 0 saturated carbocycles. The van der Waals surface area contributed by atoms with Crippen molar-refractivity contribution in [2.45, 2.75) is 24.9 Å². The van der Waals surface area contributed by atoms with Crippen LogP contribution in [0.15, 0.2) is 24.3 Å². The van der Waals surface area contributed by atoms with E-state index < -0.39 is 19.7 Å². The van der Waals surface area contributed by atoms with Gasteiger partial charge in [-0.3, -0.25) is 4.79 Å². The summed E-state index contributed by atoms with van der Waals surface area (Å²) >= 11 is 0. The number of benzene rings is 1. The van der Waals surface area contributed by atoms with Crippen LogP contribution in [0.2, 0.25) is 0 Å². The Hall–Kier alpha value is -1.61. The number of carbonyl (C=O) groups is 1. The molecule has 2 fully saturated rings. The fraction of sp³-hybridized carbons (Fsp3) is 0.562. The van der Waals surface area contributed by atoms with Gasteiger partial charge in [0, 0.05) is 6.04 Å². The maximum atomic E-state index is 12.8. The number of nitrogens with zero attached hydrogens (tertiary/aromatic N) is 2. The number of hydrogen-bond acceptors (Lipinski definition) is 6. The zero-order chi connectivity index (χ0) is 17.8. The van der Waals surface area contributed by atoms with Crippen LogP contribution in [0.3, 0.4) is 0 Å². The first-order chi connectivity index (χ1) is 11.8. The lowest BCUT2D eigenvalue weighted by atomic mass is 10.1. The van der Waals surface area contributed by atoms with Crippen molar-refractivity contribution in [2.24, 2.45) is 0 Å². The summed E-state index contributed by atoms with van der Waals surface area (Å²) in [6, 6.07) is 6.82. The molecule has 1 aromatic rings. The lowest BCUT2D eigenvalue weighted by Gasteiger charge is -2.42. The number of hydrogen-bond donors (Lipinski definition) is 0. The molecular formula is C16H20N2O5S2. The molecule has 1 aromatic carbocycles. The molecule has 0 aromatic heterocycles. The van der Waals surface area contributed by atoms with Gasteiger partial charge < -0.3 is 9.80 Å². The van der Waals surface area contributed by atoms with Crippen molar-refractivity contribution in [2.75, 3.05) is 39.4 Å². The molecule has 4 rings (SSSR count). The van der Waals surface area contributed by atoms with Gasteiger partial charge in [0.15, 0.2) is 19.7 Å². The van der Waals surface area contributed by atoms with Crippen LogP contribution in [-0.2, 0) is 24.5 Å². The first-order valence-electron chi connectivity index (χ1n) is 8.34. The van der Waals surface area contributed by atoms with Crippen molar-refractivity contribution in [1.29, 1.82) is 0 Å². The molecule has 2 saturated heterocycles. The molecule has 0 unspecified atom stereocenters. The predicted octanol–water partition coefficient (Wildman–Crippen LogP) is 0.214. The minimum Gasteiger partial charge on any atom is -0.356 e. The molecule has 2 atom stereocenters. The maximum absolute atomic E-state index is 12.8. The Bertz CT molecular complexity index is 926. The lowest BCUT2D eigenvalue weighted by molar-refractivity contribution is -0.118. The van der Waals surface area contributed by atoms with Crippen LogP contribution in [0.1, 0.15) is 12.8 Å². The minimum absolute atomic E-state index is 0.00905. The van der Waals surface area contributed by atoms with E-state index in [1.807, 2.05) is 29.2 Å². The molecule has 3 aliphatic heterocycles. The van der Waals surface area contributed by atoms with Crippen LogP contribution >= 0.6 is 0 Å². The van der Waals surface area contributed by atoms with E-state index in [1.165, 1.54) is 0 Å². The molecule has 0 spiro atoms. The average molecular weight is 384 g/mol. The summed E-state index contributed by atoms with van der Waals surface area (Å²) in [4.78, 5) is 16.3. The fourth-order valence-corrected chi connectivity index (χ4v) is 7.51. The van der Waals surface area contributed by atoms with Gasteiger partial charge in [-0.15, -0.1) is 0 Å². The van der Waals surface area contributed by atoms with Gasteiger partial charge in [-0.1, -0.05) is 12.1 Å². The van der Waals surface area contributed by atoms with Gasteiger partial charge >= 0.3 is 0 Å². The molecule has 1 amide bonds. The number of amides is 1. The normalized spacial score (nSPS) is 30.5. The monoisotopic (exact) mass is 384 g/mol. The molecule has 9 heteroatoms. The molecule has 3 heterocycles. The predicted molar refractivity (Wildman–Crippen MR) is 95.4 cm³/mol. The Labute approximate surface area is 147 Å². The van der Waals surface area contributed by atoms with E-state index in [2.05, 4.69) is 0 Å². The molecule has 0 radical (unpaired) electrons. The molecule has 3 aliphatic rings. The summed E-state index contributed by atoms with van der Waals surface area (Å²) in [5, 5.41) is 0. The van der Waals surface area contributed by atoms with E-state index in [4.69, 9.17) is 0 Å². The first kappa shape index (κ1) is 16.8. The summed E-state index contributed by atoms with van der Waals surface area (Å²) < 4.78 is 47.3. The van der Waals surface area contributed by atoms with Gasteiger partial charge in [0.2, 0.25) is 5.91 Å². The largest absolute Gasteiger partial charge is 0.356 e. The topological polar surface area (TPSA) is 91.8 Å². The van der Waals surface area contributed by atoms with Crippen LogP contribution < -0.4 is 9.80 Å². The van der Waals surface area contributed by atoms with Gasteiger partial charge in [0.25, 0.3) is 0 Å². The molecule has 0 bridgehead atoms. The second-order valence-corrected chi connectivity index (χ2v) is 11.5. The minimum atomic E-state index is -3.10. The van der Waals surface area contributed by atoms with Crippen LogP contribution in [0.5, 0.6) is 0 Å². The molecule has 25 heavy (non-hydrogen) atoms. The van der Waals surface area contributed by atoms with Crippen LogP contribution in [0.4, 0.5) is 11.4 Å². The van der Waals surface area contributed by atoms with Gasteiger partial charge in [-0.25, -0.2) is 16.8 Å². The van der Waals surface area contributed by atoms with Crippen LogP contribution in [-0.4, -0.2) is 64.4 Å². The number of rotatable bonds is 2. The van der Waals surface area contributed by atoms with Crippen molar-refractivity contribution in [3.63, 3.8) is 0 Å². The van der Waals surface area contributed by atoms with E-state index in [9.17, 15) is 21.6 Å².